The van der Waals surface area contributed by atoms with Crippen molar-refractivity contribution in [3.63, 3.8) is 0 Å². The summed E-state index contributed by atoms with van der Waals surface area (Å²) in [5.41, 5.74) is 1.79. The van der Waals surface area contributed by atoms with Gasteiger partial charge in [-0.3, -0.25) is 14.9 Å². The van der Waals surface area contributed by atoms with Gasteiger partial charge in [0.2, 0.25) is 0 Å². The van der Waals surface area contributed by atoms with Crippen LogP contribution in [0.25, 0.3) is 6.08 Å². The largest absolute Gasteiger partial charge is 0.497 e. The summed E-state index contributed by atoms with van der Waals surface area (Å²) in [5, 5.41) is 2.22. The summed E-state index contributed by atoms with van der Waals surface area (Å²) < 4.78 is 27.9. The van der Waals surface area contributed by atoms with E-state index in [0.717, 1.165) is 10.6 Å². The molecule has 0 spiro atoms. The fourth-order valence-electron chi connectivity index (χ4n) is 3.96. The molecule has 3 aromatic carbocycles. The molecule has 214 valence electrons. The molecule has 0 unspecified atom stereocenters. The smallest absolute Gasteiger partial charge is 0.335 e. The summed E-state index contributed by atoms with van der Waals surface area (Å²) in [7, 11) is 1.51. The number of carbonyl (C=O) groups excluding carboxylic acids is 3. The Morgan fingerprint density at radius 1 is 0.780 bits per heavy atom. The van der Waals surface area contributed by atoms with Gasteiger partial charge in [0.1, 0.15) is 30.3 Å². The second-order valence-electron chi connectivity index (χ2n) is 8.92. The number of carbonyl (C=O) groups is 3. The molecule has 1 aliphatic rings. The number of hydrogen-bond acceptors (Lipinski definition) is 8. The van der Waals surface area contributed by atoms with Crippen molar-refractivity contribution >= 4 is 29.6 Å². The second-order valence-corrected chi connectivity index (χ2v) is 8.92. The number of hydrogen-bond donors (Lipinski definition) is 1. The molecule has 0 bridgehead atoms. The maximum atomic E-state index is 13.2. The molecular formula is C31H32N2O8. The van der Waals surface area contributed by atoms with Crippen LogP contribution in [0.1, 0.15) is 18.1 Å². The number of benzene rings is 3. The number of nitrogens with zero attached hydrogens (tertiary/aromatic N) is 1. The number of urea groups is 1. The van der Waals surface area contributed by atoms with Gasteiger partial charge in [-0.2, -0.15) is 0 Å². The SMILES string of the molecule is CCOc1cc(/C=C2\C(=O)NC(=O)N(c3ccc(OC)cc3)C2=O)ccc1OCCOCCOc1ccc(C)cc1. The van der Waals surface area contributed by atoms with Crippen molar-refractivity contribution in [2.75, 3.05) is 45.0 Å². The Bertz CT molecular complexity index is 1400. The first-order valence-electron chi connectivity index (χ1n) is 13.1. The van der Waals surface area contributed by atoms with E-state index in [2.05, 4.69) is 5.32 Å². The van der Waals surface area contributed by atoms with Gasteiger partial charge < -0.3 is 23.7 Å². The molecule has 1 heterocycles. The maximum absolute atomic E-state index is 13.2. The number of aryl methyl sites for hydroxylation is 1. The zero-order valence-corrected chi connectivity index (χ0v) is 23.2. The molecule has 0 atom stereocenters. The van der Waals surface area contributed by atoms with Crippen LogP contribution in [0.3, 0.4) is 0 Å². The predicted molar refractivity (Wildman–Crippen MR) is 153 cm³/mol. The molecule has 4 amide bonds. The van der Waals surface area contributed by atoms with Crippen molar-refractivity contribution < 1.29 is 38.1 Å². The summed E-state index contributed by atoms with van der Waals surface area (Å²) in [6, 6.07) is 18.4. The number of ether oxygens (including phenoxy) is 5. The highest BCUT2D eigenvalue weighted by Gasteiger charge is 2.36. The van der Waals surface area contributed by atoms with E-state index in [4.69, 9.17) is 23.7 Å². The Hall–Kier alpha value is -4.83. The number of anilines is 1. The standard InChI is InChI=1S/C31H32N2O8/c1-4-39-28-20-22(7-14-27(28)41-18-16-38-15-17-40-25-10-5-21(2)6-11-25)19-26-29(34)32-31(36)33(30(26)35)23-8-12-24(37-3)13-9-23/h5-14,19-20H,4,15-18H2,1-3H3,(H,32,34,36)/b26-19+. The van der Waals surface area contributed by atoms with E-state index in [-0.39, 0.29) is 12.2 Å². The van der Waals surface area contributed by atoms with Gasteiger partial charge in [0.25, 0.3) is 11.8 Å². The van der Waals surface area contributed by atoms with E-state index in [9.17, 15) is 14.4 Å². The molecule has 0 saturated carbocycles. The van der Waals surface area contributed by atoms with Gasteiger partial charge in [-0.25, -0.2) is 9.69 Å². The molecule has 4 rings (SSSR count). The lowest BCUT2D eigenvalue weighted by Crippen LogP contribution is -2.54. The van der Waals surface area contributed by atoms with Crippen LogP contribution in [-0.4, -0.2) is 58.0 Å². The maximum Gasteiger partial charge on any atom is 0.335 e. The minimum Gasteiger partial charge on any atom is -0.497 e. The van der Waals surface area contributed by atoms with Crippen LogP contribution in [0.4, 0.5) is 10.5 Å². The second kappa shape index (κ2) is 14.0. The van der Waals surface area contributed by atoms with Crippen LogP contribution in [0.5, 0.6) is 23.0 Å². The molecular weight excluding hydrogens is 528 g/mol. The summed E-state index contributed by atoms with van der Waals surface area (Å²) in [4.78, 5) is 39.1. The average Bonchev–Trinajstić information content (AvgIpc) is 2.97. The molecule has 1 fully saturated rings. The third kappa shape index (κ3) is 7.64. The highest BCUT2D eigenvalue weighted by molar-refractivity contribution is 6.39. The molecule has 1 aliphatic heterocycles. The molecule has 41 heavy (non-hydrogen) atoms. The highest BCUT2D eigenvalue weighted by atomic mass is 16.6. The Morgan fingerprint density at radius 2 is 1.46 bits per heavy atom. The summed E-state index contributed by atoms with van der Waals surface area (Å²) >= 11 is 0. The molecule has 0 radical (unpaired) electrons. The highest BCUT2D eigenvalue weighted by Crippen LogP contribution is 2.30. The Balaban J connectivity index is 1.37. The molecule has 10 heteroatoms. The zero-order chi connectivity index (χ0) is 29.2. The van der Waals surface area contributed by atoms with Crippen LogP contribution < -0.4 is 29.2 Å². The van der Waals surface area contributed by atoms with Gasteiger partial charge in [-0.05, 0) is 74.0 Å². The zero-order valence-electron chi connectivity index (χ0n) is 23.2. The predicted octanol–water partition coefficient (Wildman–Crippen LogP) is 4.54. The van der Waals surface area contributed by atoms with Crippen molar-refractivity contribution in [2.24, 2.45) is 0 Å². The fraction of sp³-hybridized carbons (Fsp3) is 0.258. The fourth-order valence-corrected chi connectivity index (χ4v) is 3.96. The number of methoxy groups -OCH3 is 1. The van der Waals surface area contributed by atoms with E-state index in [1.54, 1.807) is 42.5 Å². The Kier molecular flexibility index (Phi) is 9.95. The first-order valence-corrected chi connectivity index (χ1v) is 13.1. The van der Waals surface area contributed by atoms with Crippen molar-refractivity contribution in [1.82, 2.24) is 5.32 Å². The van der Waals surface area contributed by atoms with Crippen LogP contribution in [-0.2, 0) is 14.3 Å². The van der Waals surface area contributed by atoms with Gasteiger partial charge in [-0.15, -0.1) is 0 Å². The van der Waals surface area contributed by atoms with Gasteiger partial charge in [0, 0.05) is 0 Å². The third-order valence-electron chi connectivity index (χ3n) is 6.01. The topological polar surface area (TPSA) is 113 Å². The number of rotatable bonds is 13. The van der Waals surface area contributed by atoms with E-state index >= 15 is 0 Å². The van der Waals surface area contributed by atoms with E-state index in [0.29, 0.717) is 54.9 Å². The molecule has 3 aromatic rings. The van der Waals surface area contributed by atoms with Crippen LogP contribution >= 0.6 is 0 Å². The quantitative estimate of drug-likeness (QED) is 0.184. The van der Waals surface area contributed by atoms with Crippen molar-refractivity contribution in [2.45, 2.75) is 13.8 Å². The Morgan fingerprint density at radius 3 is 2.15 bits per heavy atom. The lowest BCUT2D eigenvalue weighted by molar-refractivity contribution is -0.122. The van der Waals surface area contributed by atoms with Gasteiger partial charge in [0.15, 0.2) is 11.5 Å². The lowest BCUT2D eigenvalue weighted by Gasteiger charge is -2.26. The monoisotopic (exact) mass is 560 g/mol. The third-order valence-corrected chi connectivity index (χ3v) is 6.01. The first kappa shape index (κ1) is 29.2. The lowest BCUT2D eigenvalue weighted by atomic mass is 10.1. The number of barbiturate groups is 1. The van der Waals surface area contributed by atoms with Crippen LogP contribution in [0.2, 0.25) is 0 Å². The van der Waals surface area contributed by atoms with Gasteiger partial charge in [0.05, 0.1) is 32.6 Å². The minimum atomic E-state index is -0.829. The molecule has 0 aliphatic carbocycles. The molecule has 10 nitrogen and oxygen atoms in total. The molecule has 1 saturated heterocycles. The van der Waals surface area contributed by atoms with Crippen LogP contribution in [0, 0.1) is 6.92 Å². The molecule has 0 aromatic heterocycles. The molecule has 1 N–H and O–H groups in total. The number of amides is 4. The Labute approximate surface area is 238 Å². The van der Waals surface area contributed by atoms with Gasteiger partial charge >= 0.3 is 6.03 Å². The van der Waals surface area contributed by atoms with E-state index in [1.807, 2.05) is 38.1 Å². The summed E-state index contributed by atoms with van der Waals surface area (Å²) in [6.45, 7) is 5.69. The first-order chi connectivity index (χ1) is 19.9. The normalized spacial score (nSPS) is 14.2. The minimum absolute atomic E-state index is 0.196. The van der Waals surface area contributed by atoms with Crippen molar-refractivity contribution in [1.29, 1.82) is 0 Å². The van der Waals surface area contributed by atoms with E-state index < -0.39 is 17.8 Å². The van der Waals surface area contributed by atoms with Crippen molar-refractivity contribution in [3.05, 3.63) is 83.4 Å². The number of nitrogens with one attached hydrogen (secondary N) is 1. The van der Waals surface area contributed by atoms with Gasteiger partial charge in [-0.1, -0.05) is 23.8 Å². The summed E-state index contributed by atoms with van der Waals surface area (Å²) in [6.07, 6.45) is 1.41. The van der Waals surface area contributed by atoms with E-state index in [1.165, 1.54) is 18.7 Å². The van der Waals surface area contributed by atoms with Crippen LogP contribution in [0.15, 0.2) is 72.3 Å². The summed E-state index contributed by atoms with van der Waals surface area (Å²) in [5.74, 6) is 0.755. The van der Waals surface area contributed by atoms with Crippen molar-refractivity contribution in [3.8, 4) is 23.0 Å². The average molecular weight is 561 g/mol. The number of imide groups is 2.